The van der Waals surface area contributed by atoms with E-state index in [2.05, 4.69) is 15.2 Å². The van der Waals surface area contributed by atoms with E-state index in [9.17, 15) is 4.79 Å². The third kappa shape index (κ3) is 3.02. The Hall–Kier alpha value is -3.67. The van der Waals surface area contributed by atoms with Gasteiger partial charge >= 0.3 is 6.03 Å². The summed E-state index contributed by atoms with van der Waals surface area (Å²) in [5.74, 6) is 0. The van der Waals surface area contributed by atoms with Crippen LogP contribution < -0.4 is 4.90 Å². The summed E-state index contributed by atoms with van der Waals surface area (Å²) in [5, 5.41) is 8.08. The molecular weight excluding hydrogens is 362 g/mol. The van der Waals surface area contributed by atoms with Crippen molar-refractivity contribution in [2.45, 2.75) is 19.9 Å². The van der Waals surface area contributed by atoms with Crippen LogP contribution in [0.1, 0.15) is 16.7 Å². The molecule has 0 fully saturated rings. The molecule has 0 saturated heterocycles. The molecule has 1 aliphatic heterocycles. The number of nitrogens with zero attached hydrogens (tertiary/aromatic N) is 4. The van der Waals surface area contributed by atoms with Crippen LogP contribution in [0, 0.1) is 6.92 Å². The van der Waals surface area contributed by atoms with Gasteiger partial charge in [-0.2, -0.15) is 5.10 Å². The number of para-hydroxylation sites is 2. The second kappa shape index (κ2) is 7.05. The van der Waals surface area contributed by atoms with Crippen LogP contribution in [0.2, 0.25) is 0 Å². The number of anilines is 2. The summed E-state index contributed by atoms with van der Waals surface area (Å²) in [6.45, 7) is 3.23. The number of urea groups is 1. The summed E-state index contributed by atoms with van der Waals surface area (Å²) in [5.41, 5.74) is 5.93. The molecule has 6 nitrogen and oxygen atoms in total. The molecule has 1 N–H and O–H groups in total. The Morgan fingerprint density at radius 2 is 1.86 bits per heavy atom. The first-order valence-corrected chi connectivity index (χ1v) is 9.72. The van der Waals surface area contributed by atoms with Gasteiger partial charge < -0.3 is 4.90 Å². The number of rotatable bonds is 2. The normalized spacial score (nSPS) is 13.3. The molecule has 0 saturated carbocycles. The van der Waals surface area contributed by atoms with Gasteiger partial charge in [-0.25, -0.2) is 9.78 Å². The zero-order valence-electron chi connectivity index (χ0n) is 16.2. The number of nitrogens with one attached hydrogen (secondary N) is 1. The molecule has 5 rings (SSSR count). The van der Waals surface area contributed by atoms with Crippen LogP contribution >= 0.6 is 0 Å². The van der Waals surface area contributed by atoms with Crippen molar-refractivity contribution in [2.24, 2.45) is 0 Å². The summed E-state index contributed by atoms with van der Waals surface area (Å²) in [6, 6.07) is 17.8. The quantitative estimate of drug-likeness (QED) is 0.551. The number of carbonyl (C=O) groups is 1. The first kappa shape index (κ1) is 17.4. The van der Waals surface area contributed by atoms with Crippen LogP contribution in [-0.2, 0) is 13.0 Å². The first-order valence-electron chi connectivity index (χ1n) is 9.72. The zero-order chi connectivity index (χ0) is 19.8. The lowest BCUT2D eigenvalue weighted by Crippen LogP contribution is -2.43. The van der Waals surface area contributed by atoms with Gasteiger partial charge in [0, 0.05) is 24.7 Å². The molecule has 0 aliphatic carbocycles. The van der Waals surface area contributed by atoms with Crippen LogP contribution in [-0.4, -0.2) is 32.7 Å². The van der Waals surface area contributed by atoms with E-state index in [4.69, 9.17) is 0 Å². The van der Waals surface area contributed by atoms with Gasteiger partial charge in [-0.05, 0) is 48.2 Å². The molecule has 2 aromatic carbocycles. The lowest BCUT2D eigenvalue weighted by atomic mass is 9.99. The molecule has 4 aromatic rings. The van der Waals surface area contributed by atoms with Crippen molar-refractivity contribution in [3.63, 3.8) is 0 Å². The topological polar surface area (TPSA) is 65.1 Å². The van der Waals surface area contributed by atoms with E-state index in [0.29, 0.717) is 13.1 Å². The van der Waals surface area contributed by atoms with Crippen LogP contribution in [0.5, 0.6) is 0 Å². The van der Waals surface area contributed by atoms with Gasteiger partial charge in [0.25, 0.3) is 0 Å². The minimum absolute atomic E-state index is 0.0246. The predicted molar refractivity (Wildman–Crippen MR) is 113 cm³/mol. The molecule has 0 radical (unpaired) electrons. The SMILES string of the molecule is Cc1ccccc1N(C(=O)N1CCc2c(cnc3[nH]ncc23)C1)c1ccccc1. The number of H-pyrrole nitrogens is 1. The van der Waals surface area contributed by atoms with Crippen molar-refractivity contribution in [2.75, 3.05) is 11.4 Å². The minimum atomic E-state index is -0.0246. The third-order valence-corrected chi connectivity index (χ3v) is 5.51. The number of carbonyl (C=O) groups excluding carboxylic acids is 1. The summed E-state index contributed by atoms with van der Waals surface area (Å²) < 4.78 is 0. The van der Waals surface area contributed by atoms with Crippen molar-refractivity contribution >= 4 is 28.4 Å². The third-order valence-electron chi connectivity index (χ3n) is 5.51. The summed E-state index contributed by atoms with van der Waals surface area (Å²) in [6.07, 6.45) is 4.47. The van der Waals surface area contributed by atoms with Crippen molar-refractivity contribution in [1.29, 1.82) is 0 Å². The van der Waals surface area contributed by atoms with Gasteiger partial charge in [0.05, 0.1) is 17.6 Å². The minimum Gasteiger partial charge on any atom is -0.319 e. The van der Waals surface area contributed by atoms with Crippen LogP contribution in [0.15, 0.2) is 67.0 Å². The first-order chi connectivity index (χ1) is 14.2. The number of amides is 2. The maximum Gasteiger partial charge on any atom is 0.329 e. The number of fused-ring (bicyclic) bond motifs is 3. The molecule has 0 atom stereocenters. The molecule has 1 aliphatic rings. The number of hydrogen-bond acceptors (Lipinski definition) is 3. The Bertz CT molecular complexity index is 1180. The second-order valence-corrected chi connectivity index (χ2v) is 7.31. The van der Waals surface area contributed by atoms with Crippen LogP contribution in [0.4, 0.5) is 16.2 Å². The monoisotopic (exact) mass is 383 g/mol. The lowest BCUT2D eigenvalue weighted by molar-refractivity contribution is 0.202. The molecular formula is C23H21N5O. The molecule has 2 amide bonds. The van der Waals surface area contributed by atoms with Crippen molar-refractivity contribution < 1.29 is 4.79 Å². The summed E-state index contributed by atoms with van der Waals surface area (Å²) in [7, 11) is 0. The number of benzene rings is 2. The number of pyridine rings is 1. The lowest BCUT2D eigenvalue weighted by Gasteiger charge is -2.34. The van der Waals surface area contributed by atoms with E-state index in [-0.39, 0.29) is 6.03 Å². The van der Waals surface area contributed by atoms with E-state index in [0.717, 1.165) is 40.0 Å². The van der Waals surface area contributed by atoms with Gasteiger partial charge in [0.15, 0.2) is 5.65 Å². The van der Waals surface area contributed by atoms with E-state index >= 15 is 0 Å². The Morgan fingerprint density at radius 3 is 2.69 bits per heavy atom. The highest BCUT2D eigenvalue weighted by Crippen LogP contribution is 2.32. The Kier molecular flexibility index (Phi) is 4.24. The average molecular weight is 383 g/mol. The average Bonchev–Trinajstić information content (AvgIpc) is 3.25. The fraction of sp³-hybridized carbons (Fsp3) is 0.174. The van der Waals surface area contributed by atoms with Gasteiger partial charge in [-0.1, -0.05) is 36.4 Å². The summed E-state index contributed by atoms with van der Waals surface area (Å²) >= 11 is 0. The second-order valence-electron chi connectivity index (χ2n) is 7.31. The zero-order valence-corrected chi connectivity index (χ0v) is 16.2. The van der Waals surface area contributed by atoms with E-state index in [1.54, 1.807) is 0 Å². The number of aromatic amines is 1. The van der Waals surface area contributed by atoms with E-state index in [1.165, 1.54) is 5.56 Å². The number of aryl methyl sites for hydroxylation is 1. The Balaban J connectivity index is 1.52. The Morgan fingerprint density at radius 1 is 1.07 bits per heavy atom. The molecule has 0 spiro atoms. The summed E-state index contributed by atoms with van der Waals surface area (Å²) in [4.78, 5) is 21.8. The fourth-order valence-electron chi connectivity index (χ4n) is 4.00. The molecule has 3 heterocycles. The fourth-order valence-corrected chi connectivity index (χ4v) is 4.00. The van der Waals surface area contributed by atoms with Gasteiger partial charge in [-0.3, -0.25) is 10.00 Å². The maximum absolute atomic E-state index is 13.7. The van der Waals surface area contributed by atoms with Crippen molar-refractivity contribution in [3.8, 4) is 0 Å². The van der Waals surface area contributed by atoms with Crippen molar-refractivity contribution in [3.05, 3.63) is 83.7 Å². The van der Waals surface area contributed by atoms with Gasteiger partial charge in [0.2, 0.25) is 0 Å². The standard InChI is InChI=1S/C23H21N5O/c1-16-7-5-6-10-21(16)28(18-8-3-2-4-9-18)23(29)27-12-11-19-17(15-27)13-24-22-20(19)14-25-26-22/h2-10,13-14H,11-12,15H2,1H3,(H,24,25,26). The van der Waals surface area contributed by atoms with E-state index < -0.39 is 0 Å². The smallest absolute Gasteiger partial charge is 0.319 e. The Labute approximate surface area is 168 Å². The van der Waals surface area contributed by atoms with Crippen LogP contribution in [0.25, 0.3) is 11.0 Å². The highest BCUT2D eigenvalue weighted by molar-refractivity contribution is 6.00. The van der Waals surface area contributed by atoms with Gasteiger partial charge in [0.1, 0.15) is 0 Å². The molecule has 144 valence electrons. The highest BCUT2D eigenvalue weighted by Gasteiger charge is 2.29. The highest BCUT2D eigenvalue weighted by atomic mass is 16.2. The molecule has 2 aromatic heterocycles. The predicted octanol–water partition coefficient (Wildman–Crippen LogP) is 4.58. The molecule has 6 heteroatoms. The van der Waals surface area contributed by atoms with Crippen LogP contribution in [0.3, 0.4) is 0 Å². The number of aromatic nitrogens is 3. The van der Waals surface area contributed by atoms with Crippen molar-refractivity contribution in [1.82, 2.24) is 20.1 Å². The maximum atomic E-state index is 13.7. The number of hydrogen-bond donors (Lipinski definition) is 1. The molecule has 0 unspecified atom stereocenters. The molecule has 29 heavy (non-hydrogen) atoms. The van der Waals surface area contributed by atoms with Gasteiger partial charge in [-0.15, -0.1) is 0 Å². The molecule has 0 bridgehead atoms. The van der Waals surface area contributed by atoms with E-state index in [1.807, 2.05) is 83.7 Å². The largest absolute Gasteiger partial charge is 0.329 e.